The number of rotatable bonds is 1. The Balaban J connectivity index is 1.90. The van der Waals surface area contributed by atoms with Crippen molar-refractivity contribution in [2.75, 3.05) is 6.54 Å². The minimum atomic E-state index is -4.57. The summed E-state index contributed by atoms with van der Waals surface area (Å²) in [4.78, 5) is 8.80. The SMILES string of the molecule is FC(F)(F)c1n[nH]cc1-c1nc2ccc3[nH]ncc3c2c2c1C=NCC2. The van der Waals surface area contributed by atoms with Crippen LogP contribution in [0.1, 0.15) is 16.8 Å². The maximum Gasteiger partial charge on any atom is 0.435 e. The summed E-state index contributed by atoms with van der Waals surface area (Å²) < 4.78 is 40.0. The van der Waals surface area contributed by atoms with E-state index in [1.54, 1.807) is 18.5 Å². The Morgan fingerprint density at radius 2 is 2.04 bits per heavy atom. The summed E-state index contributed by atoms with van der Waals surface area (Å²) >= 11 is 0. The Hall–Kier alpha value is -3.23. The van der Waals surface area contributed by atoms with E-state index in [9.17, 15) is 13.2 Å². The van der Waals surface area contributed by atoms with E-state index in [-0.39, 0.29) is 11.3 Å². The van der Waals surface area contributed by atoms with Crippen LogP contribution in [0.4, 0.5) is 13.2 Å². The van der Waals surface area contributed by atoms with Gasteiger partial charge in [-0.3, -0.25) is 15.2 Å². The molecule has 0 amide bonds. The predicted octanol–water partition coefficient (Wildman–Crippen LogP) is 3.50. The second-order valence-electron chi connectivity index (χ2n) is 6.07. The molecule has 0 aliphatic carbocycles. The zero-order chi connectivity index (χ0) is 17.9. The number of aromatic amines is 2. The van der Waals surface area contributed by atoms with E-state index < -0.39 is 11.9 Å². The van der Waals surface area contributed by atoms with E-state index in [0.717, 1.165) is 21.9 Å². The van der Waals surface area contributed by atoms with Crippen LogP contribution >= 0.6 is 0 Å². The van der Waals surface area contributed by atoms with E-state index in [0.29, 0.717) is 24.0 Å². The quantitative estimate of drug-likeness (QED) is 0.548. The number of halogens is 3. The van der Waals surface area contributed by atoms with Crippen molar-refractivity contribution in [2.24, 2.45) is 4.99 Å². The first-order chi connectivity index (χ1) is 12.5. The molecule has 5 rings (SSSR count). The van der Waals surface area contributed by atoms with Crippen molar-refractivity contribution in [1.82, 2.24) is 25.4 Å². The zero-order valence-corrected chi connectivity index (χ0v) is 13.2. The van der Waals surface area contributed by atoms with Crippen LogP contribution in [0.15, 0.2) is 29.5 Å². The van der Waals surface area contributed by atoms with Crippen LogP contribution in [-0.4, -0.2) is 38.1 Å². The lowest BCUT2D eigenvalue weighted by atomic mass is 9.92. The third kappa shape index (κ3) is 2.06. The molecule has 3 aromatic heterocycles. The Morgan fingerprint density at radius 3 is 2.88 bits per heavy atom. The van der Waals surface area contributed by atoms with Crippen LogP contribution < -0.4 is 0 Å². The van der Waals surface area contributed by atoms with Gasteiger partial charge in [0.15, 0.2) is 5.69 Å². The molecule has 0 spiro atoms. The van der Waals surface area contributed by atoms with Crippen LogP contribution in [0, 0.1) is 0 Å². The van der Waals surface area contributed by atoms with E-state index in [1.165, 1.54) is 6.20 Å². The highest BCUT2D eigenvalue weighted by molar-refractivity contribution is 6.10. The number of alkyl halides is 3. The van der Waals surface area contributed by atoms with Gasteiger partial charge in [-0.2, -0.15) is 23.4 Å². The topological polar surface area (TPSA) is 82.6 Å². The highest BCUT2D eigenvalue weighted by Crippen LogP contribution is 2.39. The molecule has 1 aliphatic heterocycles. The standard InChI is InChI=1S/C17H11F3N6/c18-17(19,20)16-11(7-23-26-16)15-9-5-21-4-3-8(9)14-10-6-22-25-12(10)1-2-13(14)24-15/h1-2,5-7H,3-4H2,(H,22,25)(H,23,26). The lowest BCUT2D eigenvalue weighted by Gasteiger charge is -2.18. The van der Waals surface area contributed by atoms with Gasteiger partial charge in [0, 0.05) is 35.3 Å². The van der Waals surface area contributed by atoms with Gasteiger partial charge in [0.1, 0.15) is 0 Å². The van der Waals surface area contributed by atoms with Crippen LogP contribution in [0.3, 0.4) is 0 Å². The predicted molar refractivity (Wildman–Crippen MR) is 90.1 cm³/mol. The molecule has 1 aromatic carbocycles. The third-order valence-corrected chi connectivity index (χ3v) is 4.59. The number of nitrogens with one attached hydrogen (secondary N) is 2. The first-order valence-corrected chi connectivity index (χ1v) is 7.94. The van der Waals surface area contributed by atoms with E-state index in [4.69, 9.17) is 0 Å². The van der Waals surface area contributed by atoms with E-state index >= 15 is 0 Å². The number of hydrogen-bond acceptors (Lipinski definition) is 4. The van der Waals surface area contributed by atoms with Crippen molar-refractivity contribution in [3.63, 3.8) is 0 Å². The molecule has 26 heavy (non-hydrogen) atoms. The maximum absolute atomic E-state index is 13.3. The van der Waals surface area contributed by atoms with Crippen LogP contribution in [0.5, 0.6) is 0 Å². The molecule has 0 atom stereocenters. The number of pyridine rings is 1. The summed E-state index contributed by atoms with van der Waals surface area (Å²) in [6, 6.07) is 3.61. The number of benzene rings is 1. The molecular formula is C17H11F3N6. The average Bonchev–Trinajstić information content (AvgIpc) is 3.29. The molecular weight excluding hydrogens is 345 g/mol. The molecule has 0 bridgehead atoms. The molecule has 0 saturated heterocycles. The van der Waals surface area contributed by atoms with Crippen LogP contribution in [0.2, 0.25) is 0 Å². The Morgan fingerprint density at radius 1 is 1.15 bits per heavy atom. The van der Waals surface area contributed by atoms with Gasteiger partial charge in [0.25, 0.3) is 0 Å². The minimum Gasteiger partial charge on any atom is -0.292 e. The van der Waals surface area contributed by atoms with Crippen molar-refractivity contribution in [2.45, 2.75) is 12.6 Å². The zero-order valence-electron chi connectivity index (χ0n) is 13.2. The molecule has 0 unspecified atom stereocenters. The number of aromatic nitrogens is 5. The van der Waals surface area contributed by atoms with E-state index in [2.05, 4.69) is 30.4 Å². The van der Waals surface area contributed by atoms with Crippen molar-refractivity contribution < 1.29 is 13.2 Å². The van der Waals surface area contributed by atoms with Crippen molar-refractivity contribution in [3.8, 4) is 11.3 Å². The molecule has 4 heterocycles. The lowest BCUT2D eigenvalue weighted by Crippen LogP contribution is -2.11. The summed E-state index contributed by atoms with van der Waals surface area (Å²) in [5.41, 5.74) is 2.20. The molecule has 0 saturated carbocycles. The number of hydrogen-bond donors (Lipinski definition) is 2. The molecule has 4 aromatic rings. The summed E-state index contributed by atoms with van der Waals surface area (Å²) in [6.45, 7) is 0.581. The second kappa shape index (κ2) is 5.13. The molecule has 2 N–H and O–H groups in total. The van der Waals surface area contributed by atoms with Gasteiger partial charge < -0.3 is 0 Å². The molecule has 0 fully saturated rings. The fourth-order valence-electron chi connectivity index (χ4n) is 3.50. The number of nitrogens with zero attached hydrogens (tertiary/aromatic N) is 4. The average molecular weight is 356 g/mol. The highest BCUT2D eigenvalue weighted by atomic mass is 19.4. The van der Waals surface area contributed by atoms with Gasteiger partial charge in [-0.25, -0.2) is 4.98 Å². The van der Waals surface area contributed by atoms with Crippen LogP contribution in [0.25, 0.3) is 33.1 Å². The van der Waals surface area contributed by atoms with Crippen molar-refractivity contribution in [3.05, 3.63) is 41.3 Å². The summed E-state index contributed by atoms with van der Waals surface area (Å²) in [7, 11) is 0. The molecule has 130 valence electrons. The largest absolute Gasteiger partial charge is 0.435 e. The van der Waals surface area contributed by atoms with Gasteiger partial charge >= 0.3 is 6.18 Å². The van der Waals surface area contributed by atoms with Gasteiger partial charge in [0.2, 0.25) is 0 Å². The Labute approximate surface area is 144 Å². The van der Waals surface area contributed by atoms with Crippen LogP contribution in [-0.2, 0) is 12.6 Å². The van der Waals surface area contributed by atoms with Crippen molar-refractivity contribution in [1.29, 1.82) is 0 Å². The molecule has 1 aliphatic rings. The van der Waals surface area contributed by atoms with Gasteiger partial charge in [-0.05, 0) is 24.1 Å². The fourth-order valence-corrected chi connectivity index (χ4v) is 3.50. The maximum atomic E-state index is 13.3. The van der Waals surface area contributed by atoms with E-state index in [1.807, 2.05) is 6.07 Å². The number of fused-ring (bicyclic) bond motifs is 5. The first-order valence-electron chi connectivity index (χ1n) is 7.94. The smallest absolute Gasteiger partial charge is 0.292 e. The second-order valence-corrected chi connectivity index (χ2v) is 6.07. The molecule has 9 heteroatoms. The Bertz CT molecular complexity index is 1180. The fraction of sp³-hybridized carbons (Fsp3) is 0.176. The lowest BCUT2D eigenvalue weighted by molar-refractivity contribution is -0.140. The van der Waals surface area contributed by atoms with Gasteiger partial charge in [-0.15, -0.1) is 0 Å². The third-order valence-electron chi connectivity index (χ3n) is 4.59. The van der Waals surface area contributed by atoms with Crippen molar-refractivity contribution >= 4 is 28.0 Å². The van der Waals surface area contributed by atoms with Gasteiger partial charge in [-0.1, -0.05) is 0 Å². The summed E-state index contributed by atoms with van der Waals surface area (Å²) in [6.07, 6.45) is 0.605. The highest BCUT2D eigenvalue weighted by Gasteiger charge is 2.38. The van der Waals surface area contributed by atoms with Gasteiger partial charge in [0.05, 0.1) is 28.5 Å². The monoisotopic (exact) mass is 356 g/mol. The first kappa shape index (κ1) is 15.1. The normalized spacial score (nSPS) is 14.3. The summed E-state index contributed by atoms with van der Waals surface area (Å²) in [5.74, 6) is 0. The molecule has 0 radical (unpaired) electrons. The minimum absolute atomic E-state index is 0.0729. The number of aliphatic imine (C=N–C) groups is 1. The molecule has 6 nitrogen and oxygen atoms in total. The summed E-state index contributed by atoms with van der Waals surface area (Å²) in [5, 5.41) is 14.5. The number of H-pyrrole nitrogens is 2. The Kier molecular flexibility index (Phi) is 2.97.